The van der Waals surface area contributed by atoms with E-state index in [4.69, 9.17) is 9.47 Å². The molecule has 1 fully saturated rings. The topological polar surface area (TPSA) is 68.0 Å². The van der Waals surface area contributed by atoms with Crippen LogP contribution in [0.15, 0.2) is 0 Å². The van der Waals surface area contributed by atoms with Crippen LogP contribution in [-0.2, 0) is 17.6 Å². The lowest BCUT2D eigenvalue weighted by atomic mass is 10.0. The minimum absolute atomic E-state index is 0.00795. The fraction of sp³-hybridized carbons (Fsp3) is 0.583. The Morgan fingerprint density at radius 2 is 2.12 bits per heavy atom. The third-order valence-electron chi connectivity index (χ3n) is 2.81. The molecule has 0 aromatic carbocycles. The van der Waals surface area contributed by atoms with E-state index in [0.29, 0.717) is 24.7 Å². The maximum atomic E-state index is 9.22. The average molecular weight is 233 g/mol. The van der Waals surface area contributed by atoms with Gasteiger partial charge in [0.2, 0.25) is 0 Å². The van der Waals surface area contributed by atoms with Gasteiger partial charge in [-0.2, -0.15) is 10.4 Å². The highest BCUT2D eigenvalue weighted by Gasteiger charge is 2.24. The molecule has 0 spiro atoms. The first-order valence-electron chi connectivity index (χ1n) is 5.83. The van der Waals surface area contributed by atoms with Gasteiger partial charge in [0.15, 0.2) is 0 Å². The molecule has 17 heavy (non-hydrogen) atoms. The molecule has 0 N–H and O–H groups in total. The zero-order valence-electron chi connectivity index (χ0n) is 10.1. The number of aryl methyl sites for hydroxylation is 1. The highest BCUT2D eigenvalue weighted by molar-refractivity contribution is 5.46. The molecule has 0 radical (unpaired) electrons. The Labute approximate surface area is 100 Å². The first-order valence-corrected chi connectivity index (χ1v) is 5.83. The van der Waals surface area contributed by atoms with Crippen molar-refractivity contribution in [2.45, 2.75) is 32.8 Å². The third-order valence-corrected chi connectivity index (χ3v) is 2.81. The van der Waals surface area contributed by atoms with Gasteiger partial charge in [0.05, 0.1) is 18.9 Å². The van der Waals surface area contributed by atoms with Gasteiger partial charge in [-0.25, -0.2) is 0 Å². The third kappa shape index (κ3) is 2.22. The molecule has 0 atom stereocenters. The quantitative estimate of drug-likeness (QED) is 0.782. The van der Waals surface area contributed by atoms with E-state index in [1.807, 2.05) is 13.8 Å². The molecule has 0 bridgehead atoms. The molecular weight excluding hydrogens is 218 g/mol. The van der Waals surface area contributed by atoms with Gasteiger partial charge in [0, 0.05) is 0 Å². The summed E-state index contributed by atoms with van der Waals surface area (Å²) in [6.07, 6.45) is 1.55. The molecule has 5 nitrogen and oxygen atoms in total. The fourth-order valence-electron chi connectivity index (χ4n) is 1.79. The summed E-state index contributed by atoms with van der Waals surface area (Å²) in [5.41, 5.74) is 2.34. The van der Waals surface area contributed by atoms with Crippen LogP contribution in [0.2, 0.25) is 0 Å². The number of rotatable bonds is 4. The molecule has 1 aliphatic heterocycles. The van der Waals surface area contributed by atoms with E-state index < -0.39 is 0 Å². The van der Waals surface area contributed by atoms with Gasteiger partial charge < -0.3 is 9.47 Å². The van der Waals surface area contributed by atoms with Gasteiger partial charge >= 0.3 is 0 Å². The van der Waals surface area contributed by atoms with E-state index in [1.54, 1.807) is 0 Å². The smallest absolute Gasteiger partial charge is 0.252 e. The van der Waals surface area contributed by atoms with Crippen molar-refractivity contribution in [1.82, 2.24) is 10.2 Å². The predicted molar refractivity (Wildman–Crippen MR) is 60.7 cm³/mol. The molecule has 1 saturated heterocycles. The number of hydrogen-bond donors (Lipinski definition) is 0. The van der Waals surface area contributed by atoms with E-state index in [9.17, 15) is 5.26 Å². The summed E-state index contributed by atoms with van der Waals surface area (Å²) >= 11 is 0. The van der Waals surface area contributed by atoms with Gasteiger partial charge in [-0.15, -0.1) is 5.10 Å². The molecule has 1 aromatic rings. The van der Waals surface area contributed by atoms with Crippen LogP contribution in [-0.4, -0.2) is 29.5 Å². The van der Waals surface area contributed by atoms with Crippen molar-refractivity contribution in [3.05, 3.63) is 16.8 Å². The van der Waals surface area contributed by atoms with Gasteiger partial charge in [-0.3, -0.25) is 0 Å². The second kappa shape index (κ2) is 5.11. The van der Waals surface area contributed by atoms with Gasteiger partial charge in [-0.1, -0.05) is 13.8 Å². The fourth-order valence-corrected chi connectivity index (χ4v) is 1.79. The Morgan fingerprint density at radius 3 is 2.59 bits per heavy atom. The molecule has 2 rings (SSSR count). The zero-order valence-corrected chi connectivity index (χ0v) is 10.1. The molecule has 0 saturated carbocycles. The number of aromatic nitrogens is 2. The molecular formula is C12H15N3O2. The Balaban J connectivity index is 2.34. The maximum Gasteiger partial charge on any atom is 0.252 e. The Morgan fingerprint density at radius 1 is 1.35 bits per heavy atom. The zero-order chi connectivity index (χ0) is 12.3. The SMILES string of the molecule is CCc1nnc(OC2COC2)c(C#N)c1CC. The Bertz CT molecular complexity index is 450. The molecule has 5 heteroatoms. The van der Waals surface area contributed by atoms with E-state index >= 15 is 0 Å². The van der Waals surface area contributed by atoms with Crippen molar-refractivity contribution in [1.29, 1.82) is 5.26 Å². The van der Waals surface area contributed by atoms with Gasteiger partial charge in [0.1, 0.15) is 17.7 Å². The summed E-state index contributed by atoms with van der Waals surface area (Å²) in [6.45, 7) is 5.13. The maximum absolute atomic E-state index is 9.22. The van der Waals surface area contributed by atoms with Crippen LogP contribution in [0.1, 0.15) is 30.7 Å². The van der Waals surface area contributed by atoms with Crippen LogP contribution in [0.4, 0.5) is 0 Å². The first-order chi connectivity index (χ1) is 8.30. The Hall–Kier alpha value is -1.67. The van der Waals surface area contributed by atoms with Crippen LogP contribution < -0.4 is 4.74 Å². The molecule has 2 heterocycles. The standard InChI is InChI=1S/C12H15N3O2/c1-3-9-10(5-13)12(15-14-11(9)4-2)17-8-6-16-7-8/h8H,3-4,6-7H2,1-2H3. The molecule has 0 aliphatic carbocycles. The normalized spacial score (nSPS) is 15.1. The molecule has 0 amide bonds. The molecule has 1 aliphatic rings. The molecule has 90 valence electrons. The largest absolute Gasteiger partial charge is 0.467 e. The summed E-state index contributed by atoms with van der Waals surface area (Å²) in [6, 6.07) is 2.18. The first kappa shape index (κ1) is 11.8. The van der Waals surface area contributed by atoms with Crippen molar-refractivity contribution >= 4 is 0 Å². The summed E-state index contributed by atoms with van der Waals surface area (Å²) in [7, 11) is 0. The minimum atomic E-state index is 0.00795. The van der Waals surface area contributed by atoms with Crippen molar-refractivity contribution in [2.75, 3.05) is 13.2 Å². The summed E-state index contributed by atoms with van der Waals surface area (Å²) in [5.74, 6) is 0.342. The number of nitrogens with zero attached hydrogens (tertiary/aromatic N) is 3. The van der Waals surface area contributed by atoms with Crippen molar-refractivity contribution < 1.29 is 9.47 Å². The van der Waals surface area contributed by atoms with E-state index in [0.717, 1.165) is 24.1 Å². The van der Waals surface area contributed by atoms with Crippen LogP contribution in [0.5, 0.6) is 5.88 Å². The second-order valence-electron chi connectivity index (χ2n) is 3.90. The predicted octanol–water partition coefficient (Wildman–Crippen LogP) is 1.25. The van der Waals surface area contributed by atoms with Crippen LogP contribution in [0.25, 0.3) is 0 Å². The number of hydrogen-bond acceptors (Lipinski definition) is 5. The number of nitriles is 1. The second-order valence-corrected chi connectivity index (χ2v) is 3.90. The summed E-state index contributed by atoms with van der Waals surface area (Å²) in [5, 5.41) is 17.3. The summed E-state index contributed by atoms with van der Waals surface area (Å²) in [4.78, 5) is 0. The monoisotopic (exact) mass is 233 g/mol. The van der Waals surface area contributed by atoms with Gasteiger partial charge in [-0.05, 0) is 18.4 Å². The lowest BCUT2D eigenvalue weighted by Crippen LogP contribution is -2.39. The average Bonchev–Trinajstić information content (AvgIpc) is 2.32. The van der Waals surface area contributed by atoms with Gasteiger partial charge in [0.25, 0.3) is 5.88 Å². The van der Waals surface area contributed by atoms with Crippen LogP contribution >= 0.6 is 0 Å². The van der Waals surface area contributed by atoms with Crippen LogP contribution in [0.3, 0.4) is 0 Å². The van der Waals surface area contributed by atoms with Crippen molar-refractivity contribution in [2.24, 2.45) is 0 Å². The van der Waals surface area contributed by atoms with Crippen molar-refractivity contribution in [3.63, 3.8) is 0 Å². The van der Waals surface area contributed by atoms with Crippen molar-refractivity contribution in [3.8, 4) is 11.9 Å². The molecule has 1 aromatic heterocycles. The highest BCUT2D eigenvalue weighted by Crippen LogP contribution is 2.23. The van der Waals surface area contributed by atoms with E-state index in [1.165, 1.54) is 0 Å². The number of ether oxygens (including phenoxy) is 2. The summed E-state index contributed by atoms with van der Waals surface area (Å²) < 4.78 is 10.6. The highest BCUT2D eigenvalue weighted by atomic mass is 16.6. The molecule has 0 unspecified atom stereocenters. The minimum Gasteiger partial charge on any atom is -0.467 e. The van der Waals surface area contributed by atoms with E-state index in [2.05, 4.69) is 16.3 Å². The van der Waals surface area contributed by atoms with E-state index in [-0.39, 0.29) is 6.10 Å². The lowest BCUT2D eigenvalue weighted by molar-refractivity contribution is -0.0817. The van der Waals surface area contributed by atoms with Crippen LogP contribution in [0, 0.1) is 11.3 Å². The Kier molecular flexibility index (Phi) is 3.55. The lowest BCUT2D eigenvalue weighted by Gasteiger charge is -2.26.